The zero-order valence-electron chi connectivity index (χ0n) is 18.9. The minimum atomic E-state index is -0.595. The van der Waals surface area contributed by atoms with Crippen LogP contribution in [0, 0.1) is 5.41 Å². The van der Waals surface area contributed by atoms with Gasteiger partial charge in [0.15, 0.2) is 0 Å². The van der Waals surface area contributed by atoms with Crippen molar-refractivity contribution in [3.8, 4) is 0 Å². The van der Waals surface area contributed by atoms with Crippen LogP contribution in [0.25, 0.3) is 6.08 Å². The summed E-state index contributed by atoms with van der Waals surface area (Å²) in [4.78, 5) is 47.9. The van der Waals surface area contributed by atoms with E-state index in [1.807, 2.05) is 22.5 Å². The smallest absolute Gasteiger partial charge is 0.246 e. The average molecular weight is 478 g/mol. The van der Waals surface area contributed by atoms with Gasteiger partial charge in [0.2, 0.25) is 17.7 Å². The molecule has 34 heavy (non-hydrogen) atoms. The van der Waals surface area contributed by atoms with Gasteiger partial charge >= 0.3 is 0 Å². The Morgan fingerprint density at radius 3 is 2.94 bits per heavy atom. The van der Waals surface area contributed by atoms with Gasteiger partial charge in [0.1, 0.15) is 5.82 Å². The zero-order valence-corrected chi connectivity index (χ0v) is 19.7. The molecule has 1 saturated heterocycles. The fourth-order valence-electron chi connectivity index (χ4n) is 4.84. The van der Waals surface area contributed by atoms with Crippen molar-refractivity contribution in [2.45, 2.75) is 38.5 Å². The Kier molecular flexibility index (Phi) is 6.28. The van der Waals surface area contributed by atoms with E-state index in [2.05, 4.69) is 26.7 Å². The maximum atomic E-state index is 12.8. The summed E-state index contributed by atoms with van der Waals surface area (Å²) >= 11 is 1.66. The van der Waals surface area contributed by atoms with Gasteiger partial charge in [-0.3, -0.25) is 14.4 Å². The highest BCUT2D eigenvalue weighted by Crippen LogP contribution is 2.40. The van der Waals surface area contributed by atoms with Crippen molar-refractivity contribution in [3.05, 3.63) is 57.7 Å². The summed E-state index contributed by atoms with van der Waals surface area (Å²) < 4.78 is 0. The lowest BCUT2D eigenvalue weighted by Crippen LogP contribution is -2.42. The van der Waals surface area contributed by atoms with Gasteiger partial charge in [0, 0.05) is 56.3 Å². The Morgan fingerprint density at radius 1 is 1.24 bits per heavy atom. The van der Waals surface area contributed by atoms with Crippen LogP contribution in [0.4, 0.5) is 5.82 Å². The predicted molar refractivity (Wildman–Crippen MR) is 130 cm³/mol. The minimum Gasteiger partial charge on any atom is -0.356 e. The number of aromatic nitrogens is 2. The molecular weight excluding hydrogens is 450 g/mol. The molecule has 0 radical (unpaired) electrons. The molecular formula is C25H27N5O3S. The maximum absolute atomic E-state index is 12.8. The first-order valence-electron chi connectivity index (χ1n) is 11.6. The first-order valence-corrected chi connectivity index (χ1v) is 12.5. The number of nitrogens with one attached hydrogen (secondary N) is 2. The highest BCUT2D eigenvalue weighted by atomic mass is 32.1. The Hall–Kier alpha value is -3.33. The van der Waals surface area contributed by atoms with Crippen LogP contribution in [0.1, 0.15) is 41.8 Å². The van der Waals surface area contributed by atoms with E-state index in [-0.39, 0.29) is 17.7 Å². The van der Waals surface area contributed by atoms with Crippen molar-refractivity contribution in [3.63, 3.8) is 0 Å². The normalized spacial score (nSPS) is 22.7. The number of fused-ring (bicyclic) bond motifs is 1. The maximum Gasteiger partial charge on any atom is 0.246 e. The number of carbonyl (C=O) groups is 3. The topological polar surface area (TPSA) is 104 Å². The molecule has 0 saturated carbocycles. The summed E-state index contributed by atoms with van der Waals surface area (Å²) in [7, 11) is 0. The average Bonchev–Trinajstić information content (AvgIpc) is 3.28. The third-order valence-electron chi connectivity index (χ3n) is 6.88. The fraction of sp³-hybridized carbons (Fsp3) is 0.400. The third kappa shape index (κ3) is 4.79. The largest absolute Gasteiger partial charge is 0.356 e. The van der Waals surface area contributed by atoms with Gasteiger partial charge in [-0.1, -0.05) is 11.6 Å². The van der Waals surface area contributed by atoms with E-state index in [9.17, 15) is 14.4 Å². The Labute approximate surface area is 202 Å². The van der Waals surface area contributed by atoms with E-state index in [4.69, 9.17) is 0 Å². The first-order chi connectivity index (χ1) is 16.5. The van der Waals surface area contributed by atoms with Crippen LogP contribution < -0.4 is 10.6 Å². The molecule has 2 N–H and O–H groups in total. The summed E-state index contributed by atoms with van der Waals surface area (Å²) in [5, 5.41) is 8.87. The van der Waals surface area contributed by atoms with Gasteiger partial charge < -0.3 is 15.5 Å². The number of nitrogens with zero attached hydrogens (tertiary/aromatic N) is 3. The van der Waals surface area contributed by atoms with Crippen molar-refractivity contribution in [2.24, 2.45) is 5.41 Å². The molecule has 3 aliphatic rings. The lowest BCUT2D eigenvalue weighted by molar-refractivity contribution is -0.127. The fourth-order valence-corrected chi connectivity index (χ4v) is 5.51. The zero-order chi connectivity index (χ0) is 23.5. The Morgan fingerprint density at radius 2 is 2.15 bits per heavy atom. The summed E-state index contributed by atoms with van der Waals surface area (Å²) in [5.41, 5.74) is 2.49. The molecule has 8 nitrogen and oxygen atoms in total. The number of hydrogen-bond donors (Lipinski definition) is 2. The third-order valence-corrected chi connectivity index (χ3v) is 7.66. The molecule has 1 atom stereocenters. The van der Waals surface area contributed by atoms with Gasteiger partial charge in [-0.05, 0) is 49.0 Å². The molecule has 0 aliphatic carbocycles. The highest BCUT2D eigenvalue weighted by molar-refractivity contribution is 7.09. The lowest BCUT2D eigenvalue weighted by Gasteiger charge is -2.35. The van der Waals surface area contributed by atoms with Crippen molar-refractivity contribution < 1.29 is 14.4 Å². The van der Waals surface area contributed by atoms with Crippen molar-refractivity contribution in [2.75, 3.05) is 25.0 Å². The molecule has 3 aliphatic heterocycles. The molecule has 1 fully saturated rings. The summed E-state index contributed by atoms with van der Waals surface area (Å²) in [6.45, 7) is 1.80. The van der Waals surface area contributed by atoms with E-state index in [0.29, 0.717) is 51.1 Å². The minimum absolute atomic E-state index is 0.00772. The monoisotopic (exact) mass is 477 g/mol. The van der Waals surface area contributed by atoms with Crippen LogP contribution in [0.15, 0.2) is 41.6 Å². The van der Waals surface area contributed by atoms with Crippen LogP contribution in [0.2, 0.25) is 0 Å². The predicted octanol–water partition coefficient (Wildman–Crippen LogP) is 2.73. The Bertz CT molecular complexity index is 1170. The molecule has 5 heterocycles. The van der Waals surface area contributed by atoms with Crippen molar-refractivity contribution >= 4 is 41.0 Å². The van der Waals surface area contributed by atoms with Crippen molar-refractivity contribution in [1.29, 1.82) is 0 Å². The van der Waals surface area contributed by atoms with Gasteiger partial charge in [0.25, 0.3) is 0 Å². The number of pyridine rings is 1. The summed E-state index contributed by atoms with van der Waals surface area (Å²) in [6, 6.07) is 1.98. The summed E-state index contributed by atoms with van der Waals surface area (Å²) in [5.74, 6) is 0.471. The number of rotatable bonds is 4. The van der Waals surface area contributed by atoms with E-state index < -0.39 is 5.41 Å². The molecule has 1 unspecified atom stereocenters. The van der Waals surface area contributed by atoms with E-state index in [0.717, 1.165) is 29.0 Å². The lowest BCUT2D eigenvalue weighted by atomic mass is 9.73. The Balaban J connectivity index is 1.23. The van der Waals surface area contributed by atoms with Crippen LogP contribution in [0.3, 0.4) is 0 Å². The molecule has 9 heteroatoms. The second kappa shape index (κ2) is 9.50. The molecule has 5 rings (SSSR count). The van der Waals surface area contributed by atoms with E-state index in [1.165, 1.54) is 5.57 Å². The number of thiazole rings is 1. The standard InChI is InChI=1S/C25H27N5O3S/c31-20-3-6-25(7-8-26-20)15-19-13-18(16-28-23(19)29-24(25)33)1-2-22(32)30-10-4-17(5-11-30)14-21-27-9-12-34-21/h1-2,4,9,12-13,16H,3,5-8,10-11,14-15H2,(H,26,31)(H,28,29,33)/b2-1+. The second-order valence-corrected chi connectivity index (χ2v) is 10.1. The van der Waals surface area contributed by atoms with Gasteiger partial charge in [-0.2, -0.15) is 0 Å². The number of carbonyl (C=O) groups excluding carboxylic acids is 3. The van der Waals surface area contributed by atoms with Gasteiger partial charge in [-0.25, -0.2) is 9.97 Å². The molecule has 3 amide bonds. The van der Waals surface area contributed by atoms with Crippen LogP contribution in [0.5, 0.6) is 0 Å². The second-order valence-electron chi connectivity index (χ2n) is 9.12. The van der Waals surface area contributed by atoms with Crippen LogP contribution in [-0.4, -0.2) is 52.2 Å². The molecule has 176 valence electrons. The van der Waals surface area contributed by atoms with Gasteiger partial charge in [0.05, 0.1) is 10.4 Å². The highest BCUT2D eigenvalue weighted by Gasteiger charge is 2.43. The van der Waals surface area contributed by atoms with E-state index >= 15 is 0 Å². The van der Waals surface area contributed by atoms with Gasteiger partial charge in [-0.15, -0.1) is 11.3 Å². The quantitative estimate of drug-likeness (QED) is 0.521. The van der Waals surface area contributed by atoms with Crippen LogP contribution >= 0.6 is 11.3 Å². The van der Waals surface area contributed by atoms with Crippen LogP contribution in [-0.2, 0) is 27.2 Å². The van der Waals surface area contributed by atoms with E-state index in [1.54, 1.807) is 29.7 Å². The molecule has 2 aromatic rings. The number of anilines is 1. The number of amides is 3. The number of hydrogen-bond acceptors (Lipinski definition) is 6. The van der Waals surface area contributed by atoms with Crippen molar-refractivity contribution in [1.82, 2.24) is 20.2 Å². The molecule has 1 spiro atoms. The molecule has 0 aromatic carbocycles. The molecule has 2 aromatic heterocycles. The first kappa shape index (κ1) is 22.5. The SMILES string of the molecule is O=C1CCC2(CCN1)Cc1cc(/C=C/C(=O)N3CC=C(Cc4nccs4)CC3)cnc1NC2=O. The summed E-state index contributed by atoms with van der Waals surface area (Å²) in [6.07, 6.45) is 12.7. The molecule has 0 bridgehead atoms.